The normalized spacial score (nSPS) is 20.2. The third-order valence-electron chi connectivity index (χ3n) is 6.04. The highest BCUT2D eigenvalue weighted by molar-refractivity contribution is 5.93. The van der Waals surface area contributed by atoms with E-state index in [4.69, 9.17) is 18.9 Å². The van der Waals surface area contributed by atoms with Crippen LogP contribution in [-0.2, 0) is 9.47 Å². The summed E-state index contributed by atoms with van der Waals surface area (Å²) in [6.45, 7) is 8.98. The molecule has 0 saturated carbocycles. The van der Waals surface area contributed by atoms with Gasteiger partial charge in [-0.2, -0.15) is 0 Å². The maximum Gasteiger partial charge on any atom is 0.127 e. The molecular weight excluding hydrogens is 328 g/mol. The summed E-state index contributed by atoms with van der Waals surface area (Å²) < 4.78 is 23.2. The Morgan fingerprint density at radius 1 is 0.731 bits per heavy atom. The zero-order valence-corrected chi connectivity index (χ0v) is 15.8. The van der Waals surface area contributed by atoms with E-state index in [1.54, 1.807) is 0 Å². The average molecular weight is 356 g/mol. The third kappa shape index (κ3) is 3.17. The molecule has 2 fully saturated rings. The maximum atomic E-state index is 6.22. The Bertz CT molecular complexity index is 686. The van der Waals surface area contributed by atoms with Gasteiger partial charge in [0, 0.05) is 10.8 Å². The molecule has 2 aromatic rings. The number of hydrogen-bond donors (Lipinski definition) is 0. The van der Waals surface area contributed by atoms with Gasteiger partial charge in [0.2, 0.25) is 0 Å². The zero-order valence-electron chi connectivity index (χ0n) is 15.8. The molecular formula is C22H28O4. The summed E-state index contributed by atoms with van der Waals surface area (Å²) in [7, 11) is 0. The van der Waals surface area contributed by atoms with Crippen LogP contribution in [0.4, 0.5) is 0 Å². The first kappa shape index (κ1) is 17.6. The predicted molar refractivity (Wildman–Crippen MR) is 102 cm³/mol. The molecule has 0 bridgehead atoms. The Kier molecular flexibility index (Phi) is 4.80. The van der Waals surface area contributed by atoms with Crippen molar-refractivity contribution in [1.29, 1.82) is 0 Å². The summed E-state index contributed by atoms with van der Waals surface area (Å²) in [5.74, 6) is 1.84. The van der Waals surface area contributed by atoms with Crippen molar-refractivity contribution < 1.29 is 18.9 Å². The third-order valence-corrected chi connectivity index (χ3v) is 6.04. The zero-order chi connectivity index (χ0) is 18.0. The van der Waals surface area contributed by atoms with Crippen LogP contribution in [0, 0.1) is 10.8 Å². The molecule has 4 heteroatoms. The van der Waals surface area contributed by atoms with Crippen LogP contribution in [0.15, 0.2) is 36.4 Å². The SMILES string of the molecule is CCC1(COc2cccc3c(OCC4(CC)COC4)cccc23)COC1. The molecule has 2 saturated heterocycles. The minimum atomic E-state index is 0.175. The van der Waals surface area contributed by atoms with E-state index in [0.717, 1.165) is 61.5 Å². The van der Waals surface area contributed by atoms with Crippen molar-refractivity contribution in [2.75, 3.05) is 39.6 Å². The molecule has 0 amide bonds. The van der Waals surface area contributed by atoms with E-state index in [2.05, 4.69) is 26.0 Å². The molecule has 0 spiro atoms. The van der Waals surface area contributed by atoms with Gasteiger partial charge < -0.3 is 18.9 Å². The standard InChI is InChI=1S/C22H28O4/c1-3-21(11-23-12-21)15-25-19-9-5-8-18-17(19)7-6-10-20(18)26-16-22(4-2)13-24-14-22/h5-10H,3-4,11-16H2,1-2H3. The monoisotopic (exact) mass is 356 g/mol. The molecule has 0 unspecified atom stereocenters. The van der Waals surface area contributed by atoms with Gasteiger partial charge in [-0.1, -0.05) is 38.1 Å². The molecule has 2 aliphatic heterocycles. The number of benzene rings is 2. The van der Waals surface area contributed by atoms with Crippen molar-refractivity contribution in [3.8, 4) is 11.5 Å². The Hall–Kier alpha value is -1.78. The number of ether oxygens (including phenoxy) is 4. The predicted octanol–water partition coefficient (Wildman–Crippen LogP) is 4.45. The van der Waals surface area contributed by atoms with Crippen molar-refractivity contribution in [3.63, 3.8) is 0 Å². The Morgan fingerprint density at radius 2 is 1.15 bits per heavy atom. The minimum Gasteiger partial charge on any atom is -0.492 e. The number of rotatable bonds is 8. The average Bonchev–Trinajstić information content (AvgIpc) is 2.61. The Morgan fingerprint density at radius 3 is 1.46 bits per heavy atom. The Balaban J connectivity index is 1.53. The van der Waals surface area contributed by atoms with Gasteiger partial charge in [-0.05, 0) is 25.0 Å². The molecule has 0 aromatic heterocycles. The molecule has 2 heterocycles. The minimum absolute atomic E-state index is 0.175. The van der Waals surface area contributed by atoms with Crippen molar-refractivity contribution in [1.82, 2.24) is 0 Å². The van der Waals surface area contributed by atoms with E-state index in [1.807, 2.05) is 24.3 Å². The van der Waals surface area contributed by atoms with E-state index in [9.17, 15) is 0 Å². The molecule has 140 valence electrons. The van der Waals surface area contributed by atoms with Gasteiger partial charge in [-0.15, -0.1) is 0 Å². The lowest BCUT2D eigenvalue weighted by Gasteiger charge is -2.40. The second kappa shape index (κ2) is 7.09. The summed E-state index contributed by atoms with van der Waals surface area (Å²) in [5, 5.41) is 2.21. The molecule has 26 heavy (non-hydrogen) atoms. The van der Waals surface area contributed by atoms with E-state index >= 15 is 0 Å². The Labute approximate surface area is 155 Å². The van der Waals surface area contributed by atoms with Gasteiger partial charge >= 0.3 is 0 Å². The van der Waals surface area contributed by atoms with Gasteiger partial charge in [0.1, 0.15) is 11.5 Å². The largest absolute Gasteiger partial charge is 0.492 e. The lowest BCUT2D eigenvalue weighted by Crippen LogP contribution is -2.46. The second-order valence-electron chi connectivity index (χ2n) is 7.88. The van der Waals surface area contributed by atoms with Crippen LogP contribution in [0.2, 0.25) is 0 Å². The lowest BCUT2D eigenvalue weighted by atomic mass is 9.84. The number of hydrogen-bond acceptors (Lipinski definition) is 4. The van der Waals surface area contributed by atoms with Crippen LogP contribution < -0.4 is 9.47 Å². The molecule has 0 atom stereocenters. The molecule has 4 rings (SSSR count). The van der Waals surface area contributed by atoms with Crippen LogP contribution in [0.25, 0.3) is 10.8 Å². The first-order valence-corrected chi connectivity index (χ1v) is 9.62. The van der Waals surface area contributed by atoms with Crippen molar-refractivity contribution >= 4 is 10.8 Å². The van der Waals surface area contributed by atoms with Gasteiger partial charge in [0.05, 0.1) is 50.5 Å². The van der Waals surface area contributed by atoms with Crippen LogP contribution in [0.5, 0.6) is 11.5 Å². The smallest absolute Gasteiger partial charge is 0.127 e. The lowest BCUT2D eigenvalue weighted by molar-refractivity contribution is -0.133. The van der Waals surface area contributed by atoms with Crippen molar-refractivity contribution in [2.45, 2.75) is 26.7 Å². The fourth-order valence-electron chi connectivity index (χ4n) is 3.53. The number of fused-ring (bicyclic) bond motifs is 1. The quantitative estimate of drug-likeness (QED) is 0.700. The molecule has 0 N–H and O–H groups in total. The topological polar surface area (TPSA) is 36.9 Å². The van der Waals surface area contributed by atoms with Crippen LogP contribution in [-0.4, -0.2) is 39.6 Å². The summed E-state index contributed by atoms with van der Waals surface area (Å²) in [5.41, 5.74) is 0.349. The van der Waals surface area contributed by atoms with Gasteiger partial charge in [-0.3, -0.25) is 0 Å². The van der Waals surface area contributed by atoms with Crippen molar-refractivity contribution in [2.24, 2.45) is 10.8 Å². The van der Waals surface area contributed by atoms with E-state index in [1.165, 1.54) is 0 Å². The summed E-state index contributed by atoms with van der Waals surface area (Å²) in [6.07, 6.45) is 2.15. The highest BCUT2D eigenvalue weighted by Crippen LogP contribution is 2.37. The van der Waals surface area contributed by atoms with Gasteiger partial charge in [-0.25, -0.2) is 0 Å². The maximum absolute atomic E-state index is 6.22. The first-order valence-electron chi connectivity index (χ1n) is 9.62. The van der Waals surface area contributed by atoms with Crippen LogP contribution >= 0.6 is 0 Å². The summed E-state index contributed by atoms with van der Waals surface area (Å²) in [4.78, 5) is 0. The molecule has 0 radical (unpaired) electrons. The molecule has 2 aromatic carbocycles. The van der Waals surface area contributed by atoms with Crippen LogP contribution in [0.3, 0.4) is 0 Å². The van der Waals surface area contributed by atoms with Crippen molar-refractivity contribution in [3.05, 3.63) is 36.4 Å². The van der Waals surface area contributed by atoms with E-state index in [-0.39, 0.29) is 10.8 Å². The first-order chi connectivity index (χ1) is 12.7. The van der Waals surface area contributed by atoms with E-state index in [0.29, 0.717) is 13.2 Å². The van der Waals surface area contributed by atoms with Crippen LogP contribution in [0.1, 0.15) is 26.7 Å². The molecule has 4 nitrogen and oxygen atoms in total. The molecule has 2 aliphatic rings. The van der Waals surface area contributed by atoms with Gasteiger partial charge in [0.15, 0.2) is 0 Å². The van der Waals surface area contributed by atoms with Gasteiger partial charge in [0.25, 0.3) is 0 Å². The van der Waals surface area contributed by atoms with E-state index < -0.39 is 0 Å². The highest BCUT2D eigenvalue weighted by Gasteiger charge is 2.38. The fraction of sp³-hybridized carbons (Fsp3) is 0.545. The molecule has 0 aliphatic carbocycles. The summed E-state index contributed by atoms with van der Waals surface area (Å²) >= 11 is 0. The summed E-state index contributed by atoms with van der Waals surface area (Å²) in [6, 6.07) is 12.4. The highest BCUT2D eigenvalue weighted by atomic mass is 16.5. The second-order valence-corrected chi connectivity index (χ2v) is 7.88. The fourth-order valence-corrected chi connectivity index (χ4v) is 3.53.